The highest BCUT2D eigenvalue weighted by Gasteiger charge is 2.09. The van der Waals surface area contributed by atoms with Gasteiger partial charge in [-0.25, -0.2) is 4.98 Å². The second-order valence-corrected chi connectivity index (χ2v) is 4.66. The van der Waals surface area contributed by atoms with E-state index >= 15 is 0 Å². The Morgan fingerprint density at radius 1 is 1.29 bits per heavy atom. The highest BCUT2D eigenvalue weighted by Crippen LogP contribution is 2.27. The highest BCUT2D eigenvalue weighted by atomic mass is 79.9. The molecule has 3 nitrogen and oxygen atoms in total. The smallest absolute Gasteiger partial charge is 0.223 e. The van der Waals surface area contributed by atoms with Crippen molar-refractivity contribution in [3.63, 3.8) is 0 Å². The summed E-state index contributed by atoms with van der Waals surface area (Å²) >= 11 is 3.40. The van der Waals surface area contributed by atoms with Crippen LogP contribution in [0, 0.1) is 0 Å². The maximum atomic E-state index is 5.87. The van der Waals surface area contributed by atoms with Gasteiger partial charge in [0.15, 0.2) is 0 Å². The van der Waals surface area contributed by atoms with Gasteiger partial charge in [-0.05, 0) is 31.2 Å². The third-order valence-corrected chi connectivity index (χ3v) is 2.80. The maximum absolute atomic E-state index is 5.87. The van der Waals surface area contributed by atoms with E-state index in [9.17, 15) is 0 Å². The number of hydrogen-bond acceptors (Lipinski definition) is 3. The lowest BCUT2D eigenvalue weighted by Crippen LogP contribution is -2.07. The normalized spacial score (nSPS) is 12.2. The van der Waals surface area contributed by atoms with Crippen LogP contribution >= 0.6 is 15.9 Å². The Kier molecular flexibility index (Phi) is 3.76. The number of hydrogen-bond donors (Lipinski definition) is 1. The number of nitrogens with two attached hydrogens (primary N) is 1. The van der Waals surface area contributed by atoms with Gasteiger partial charge in [-0.15, -0.1) is 0 Å². The predicted molar refractivity (Wildman–Crippen MR) is 71.1 cm³/mol. The van der Waals surface area contributed by atoms with Crippen LogP contribution in [0.25, 0.3) is 0 Å². The quantitative estimate of drug-likeness (QED) is 0.939. The molecule has 0 spiro atoms. The van der Waals surface area contributed by atoms with Gasteiger partial charge in [-0.1, -0.05) is 28.1 Å². The first kappa shape index (κ1) is 12.1. The first-order chi connectivity index (χ1) is 8.16. The molecular formula is C13H13BrN2O. The fourth-order valence-electron chi connectivity index (χ4n) is 1.48. The summed E-state index contributed by atoms with van der Waals surface area (Å²) in [4.78, 5) is 4.21. The van der Waals surface area contributed by atoms with Crippen LogP contribution < -0.4 is 10.5 Å². The van der Waals surface area contributed by atoms with E-state index in [1.807, 2.05) is 43.3 Å². The Hall–Kier alpha value is -1.39. The molecule has 1 heterocycles. The summed E-state index contributed by atoms with van der Waals surface area (Å²) in [5.74, 6) is 1.29. The zero-order chi connectivity index (χ0) is 12.3. The van der Waals surface area contributed by atoms with Crippen molar-refractivity contribution in [3.05, 3.63) is 52.6 Å². The van der Waals surface area contributed by atoms with Gasteiger partial charge in [0.1, 0.15) is 5.75 Å². The molecule has 0 aliphatic heterocycles. The number of benzene rings is 1. The van der Waals surface area contributed by atoms with Crippen LogP contribution in [-0.4, -0.2) is 4.98 Å². The minimum absolute atomic E-state index is 0.106. The van der Waals surface area contributed by atoms with Crippen molar-refractivity contribution >= 4 is 15.9 Å². The number of pyridine rings is 1. The summed E-state index contributed by atoms with van der Waals surface area (Å²) in [5.41, 5.74) is 6.76. The summed E-state index contributed by atoms with van der Waals surface area (Å²) in [6.07, 6.45) is 1.69. The van der Waals surface area contributed by atoms with Crippen molar-refractivity contribution in [2.75, 3.05) is 0 Å². The molecule has 0 unspecified atom stereocenters. The monoisotopic (exact) mass is 292 g/mol. The molecule has 0 fully saturated rings. The molecule has 2 N–H and O–H groups in total. The fraction of sp³-hybridized carbons (Fsp3) is 0.154. The predicted octanol–water partition coefficient (Wildman–Crippen LogP) is 3.66. The summed E-state index contributed by atoms with van der Waals surface area (Å²) < 4.78 is 6.70. The summed E-state index contributed by atoms with van der Waals surface area (Å²) in [5, 5.41) is 0. The first-order valence-corrected chi connectivity index (χ1v) is 6.10. The van der Waals surface area contributed by atoms with Gasteiger partial charge in [-0.2, -0.15) is 0 Å². The minimum Gasteiger partial charge on any atom is -0.439 e. The van der Waals surface area contributed by atoms with Crippen LogP contribution in [0.3, 0.4) is 0 Å². The molecule has 0 radical (unpaired) electrons. The average Bonchev–Trinajstić information content (AvgIpc) is 2.29. The van der Waals surface area contributed by atoms with Gasteiger partial charge in [-0.3, -0.25) is 0 Å². The van der Waals surface area contributed by atoms with Crippen LogP contribution in [0.5, 0.6) is 11.6 Å². The number of rotatable bonds is 3. The average molecular weight is 293 g/mol. The molecule has 2 rings (SSSR count). The lowest BCUT2D eigenvalue weighted by molar-refractivity contribution is 0.452. The molecule has 0 aliphatic carbocycles. The topological polar surface area (TPSA) is 48.1 Å². The standard InChI is InChI=1S/C13H13BrN2O/c1-9(15)12-6-3-7-16-13(12)17-11-5-2-4-10(14)8-11/h2-9H,15H2,1H3/t9-/m0/s1. The molecule has 88 valence electrons. The van der Waals surface area contributed by atoms with Crippen LogP contribution in [0.4, 0.5) is 0 Å². The van der Waals surface area contributed by atoms with E-state index in [0.29, 0.717) is 5.88 Å². The Morgan fingerprint density at radius 3 is 2.82 bits per heavy atom. The number of aromatic nitrogens is 1. The molecule has 0 aliphatic rings. The molecule has 0 bridgehead atoms. The molecule has 17 heavy (non-hydrogen) atoms. The number of nitrogens with zero attached hydrogens (tertiary/aromatic N) is 1. The van der Waals surface area contributed by atoms with E-state index in [0.717, 1.165) is 15.8 Å². The summed E-state index contributed by atoms with van der Waals surface area (Å²) in [6, 6.07) is 11.3. The van der Waals surface area contributed by atoms with Crippen molar-refractivity contribution in [1.82, 2.24) is 4.98 Å². The lowest BCUT2D eigenvalue weighted by Gasteiger charge is -2.12. The van der Waals surface area contributed by atoms with Crippen LogP contribution in [-0.2, 0) is 0 Å². The summed E-state index contributed by atoms with van der Waals surface area (Å²) in [7, 11) is 0. The fourth-order valence-corrected chi connectivity index (χ4v) is 1.86. The highest BCUT2D eigenvalue weighted by molar-refractivity contribution is 9.10. The zero-order valence-electron chi connectivity index (χ0n) is 9.43. The first-order valence-electron chi connectivity index (χ1n) is 5.31. The molecule has 2 aromatic rings. The molecule has 0 amide bonds. The molecule has 1 aromatic carbocycles. The zero-order valence-corrected chi connectivity index (χ0v) is 11.0. The molecule has 0 saturated heterocycles. The van der Waals surface area contributed by atoms with Crippen molar-refractivity contribution in [2.24, 2.45) is 5.73 Å². The van der Waals surface area contributed by atoms with Crippen molar-refractivity contribution in [1.29, 1.82) is 0 Å². The molecule has 1 aromatic heterocycles. The van der Waals surface area contributed by atoms with E-state index in [4.69, 9.17) is 10.5 Å². The van der Waals surface area contributed by atoms with E-state index in [1.165, 1.54) is 0 Å². The van der Waals surface area contributed by atoms with Crippen LogP contribution in [0.2, 0.25) is 0 Å². The van der Waals surface area contributed by atoms with Crippen molar-refractivity contribution in [3.8, 4) is 11.6 Å². The Labute approximate surface area is 109 Å². The largest absolute Gasteiger partial charge is 0.439 e. The van der Waals surface area contributed by atoms with Gasteiger partial charge < -0.3 is 10.5 Å². The minimum atomic E-state index is -0.106. The van der Waals surface area contributed by atoms with E-state index in [2.05, 4.69) is 20.9 Å². The Morgan fingerprint density at radius 2 is 2.12 bits per heavy atom. The van der Waals surface area contributed by atoms with E-state index < -0.39 is 0 Å². The molecule has 0 saturated carbocycles. The number of halogens is 1. The van der Waals surface area contributed by atoms with Gasteiger partial charge in [0.05, 0.1) is 0 Å². The third kappa shape index (κ3) is 3.05. The Bertz CT molecular complexity index is 514. The van der Waals surface area contributed by atoms with Gasteiger partial charge in [0.2, 0.25) is 5.88 Å². The lowest BCUT2D eigenvalue weighted by atomic mass is 10.1. The molecule has 1 atom stereocenters. The van der Waals surface area contributed by atoms with E-state index in [-0.39, 0.29) is 6.04 Å². The SMILES string of the molecule is C[C@H](N)c1cccnc1Oc1cccc(Br)c1. The van der Waals surface area contributed by atoms with Gasteiger partial charge >= 0.3 is 0 Å². The molecular weight excluding hydrogens is 280 g/mol. The molecule has 4 heteroatoms. The Balaban J connectivity index is 2.30. The second kappa shape index (κ2) is 5.29. The number of ether oxygens (including phenoxy) is 1. The maximum Gasteiger partial charge on any atom is 0.223 e. The van der Waals surface area contributed by atoms with Crippen LogP contribution in [0.15, 0.2) is 47.1 Å². The second-order valence-electron chi connectivity index (χ2n) is 3.75. The summed E-state index contributed by atoms with van der Waals surface area (Å²) in [6.45, 7) is 1.91. The van der Waals surface area contributed by atoms with Gasteiger partial charge in [0.25, 0.3) is 0 Å². The van der Waals surface area contributed by atoms with Crippen molar-refractivity contribution in [2.45, 2.75) is 13.0 Å². The van der Waals surface area contributed by atoms with E-state index in [1.54, 1.807) is 6.20 Å². The van der Waals surface area contributed by atoms with Crippen LogP contribution in [0.1, 0.15) is 18.5 Å². The van der Waals surface area contributed by atoms with Gasteiger partial charge in [0, 0.05) is 22.3 Å². The third-order valence-electron chi connectivity index (χ3n) is 2.30. The van der Waals surface area contributed by atoms with Crippen molar-refractivity contribution < 1.29 is 4.74 Å².